The lowest BCUT2D eigenvalue weighted by Gasteiger charge is -2.41. The molecule has 0 saturated carbocycles. The summed E-state index contributed by atoms with van der Waals surface area (Å²) >= 11 is 0. The Hall–Kier alpha value is -0.160. The van der Waals surface area contributed by atoms with E-state index in [0.717, 1.165) is 13.0 Å². The van der Waals surface area contributed by atoms with Crippen LogP contribution in [0.3, 0.4) is 0 Å². The molecule has 3 N–H and O–H groups in total. The number of hydrogen-bond acceptors (Lipinski definition) is 4. The second kappa shape index (κ2) is 5.80. The number of likely N-dealkylation sites (tertiary alicyclic amines) is 1. The van der Waals surface area contributed by atoms with Gasteiger partial charge in [0, 0.05) is 18.6 Å². The molecule has 0 amide bonds. The second-order valence-electron chi connectivity index (χ2n) is 4.84. The molecule has 4 nitrogen and oxygen atoms in total. The zero-order valence-electron chi connectivity index (χ0n) is 9.98. The highest BCUT2D eigenvalue weighted by atomic mass is 16.3. The number of hydrogen-bond donors (Lipinski definition) is 3. The fraction of sp³-hybridized carbons (Fsp3) is 1.00. The summed E-state index contributed by atoms with van der Waals surface area (Å²) in [6.45, 7) is 5.51. The van der Waals surface area contributed by atoms with Crippen LogP contribution in [0.15, 0.2) is 0 Å². The molecule has 0 unspecified atom stereocenters. The van der Waals surface area contributed by atoms with Gasteiger partial charge in [-0.15, -0.1) is 0 Å². The van der Waals surface area contributed by atoms with Gasteiger partial charge < -0.3 is 20.4 Å². The highest BCUT2D eigenvalue weighted by molar-refractivity contribution is 4.87. The molecule has 1 rings (SSSR count). The van der Waals surface area contributed by atoms with Crippen molar-refractivity contribution in [3.8, 4) is 0 Å². The Morgan fingerprint density at radius 3 is 2.47 bits per heavy atom. The van der Waals surface area contributed by atoms with Crippen LogP contribution in [0.1, 0.15) is 20.3 Å². The number of nitrogens with zero attached hydrogens (tertiary/aromatic N) is 1. The van der Waals surface area contributed by atoms with Gasteiger partial charge in [0.05, 0.1) is 19.3 Å². The van der Waals surface area contributed by atoms with Crippen LogP contribution in [-0.4, -0.2) is 60.0 Å². The van der Waals surface area contributed by atoms with E-state index in [2.05, 4.69) is 31.1 Å². The van der Waals surface area contributed by atoms with Crippen LogP contribution in [0.25, 0.3) is 0 Å². The Bertz CT molecular complexity index is 185. The van der Waals surface area contributed by atoms with E-state index in [1.807, 2.05) is 0 Å². The van der Waals surface area contributed by atoms with Gasteiger partial charge in [-0.3, -0.25) is 0 Å². The predicted molar refractivity (Wildman–Crippen MR) is 60.8 cm³/mol. The van der Waals surface area contributed by atoms with E-state index in [9.17, 15) is 0 Å². The summed E-state index contributed by atoms with van der Waals surface area (Å²) in [5.41, 5.74) is 0. The standard InChI is InChI=1S/C11H24N2O2/c1-8-5-13(3)9(2)4-11(8)12-10(6-14)7-15/h8-12,14-15H,4-7H2,1-3H3/t8-,9+,11-/m1/s1. The van der Waals surface area contributed by atoms with Crippen molar-refractivity contribution < 1.29 is 10.2 Å². The summed E-state index contributed by atoms with van der Waals surface area (Å²) in [5.74, 6) is 0.562. The van der Waals surface area contributed by atoms with Crippen LogP contribution >= 0.6 is 0 Å². The third-order valence-electron chi connectivity index (χ3n) is 3.50. The lowest BCUT2D eigenvalue weighted by Crippen LogP contribution is -2.54. The smallest absolute Gasteiger partial charge is 0.0607 e. The Labute approximate surface area is 92.3 Å². The van der Waals surface area contributed by atoms with Gasteiger partial charge in [0.2, 0.25) is 0 Å². The molecule has 1 aliphatic heterocycles. The summed E-state index contributed by atoms with van der Waals surface area (Å²) in [6, 6.07) is 0.797. The Balaban J connectivity index is 2.47. The number of piperidine rings is 1. The summed E-state index contributed by atoms with van der Waals surface area (Å²) in [5, 5.41) is 21.4. The average Bonchev–Trinajstić information content (AvgIpc) is 2.21. The van der Waals surface area contributed by atoms with Gasteiger partial charge in [0.15, 0.2) is 0 Å². The molecule has 0 spiro atoms. The molecular formula is C11H24N2O2. The Morgan fingerprint density at radius 2 is 1.93 bits per heavy atom. The van der Waals surface area contributed by atoms with Crippen molar-refractivity contribution in [3.05, 3.63) is 0 Å². The molecule has 3 atom stereocenters. The van der Waals surface area contributed by atoms with Gasteiger partial charge >= 0.3 is 0 Å². The minimum Gasteiger partial charge on any atom is -0.395 e. The lowest BCUT2D eigenvalue weighted by atomic mass is 9.89. The summed E-state index contributed by atoms with van der Waals surface area (Å²) in [7, 11) is 2.15. The molecular weight excluding hydrogens is 192 g/mol. The van der Waals surface area contributed by atoms with Gasteiger partial charge in [0.1, 0.15) is 0 Å². The Kier molecular flexibility index (Phi) is 4.99. The van der Waals surface area contributed by atoms with E-state index < -0.39 is 0 Å². The number of aliphatic hydroxyl groups excluding tert-OH is 2. The predicted octanol–water partition coefficient (Wildman–Crippen LogP) is -0.342. The third-order valence-corrected chi connectivity index (χ3v) is 3.50. The van der Waals surface area contributed by atoms with Crippen LogP contribution in [0.2, 0.25) is 0 Å². The van der Waals surface area contributed by atoms with Crippen LogP contribution in [-0.2, 0) is 0 Å². The molecule has 4 heteroatoms. The van der Waals surface area contributed by atoms with Crippen LogP contribution < -0.4 is 5.32 Å². The van der Waals surface area contributed by atoms with Crippen LogP contribution in [0.5, 0.6) is 0 Å². The molecule has 0 aliphatic carbocycles. The van der Waals surface area contributed by atoms with Crippen molar-refractivity contribution in [2.45, 2.75) is 38.4 Å². The van der Waals surface area contributed by atoms with Gasteiger partial charge in [-0.1, -0.05) is 6.92 Å². The maximum Gasteiger partial charge on any atom is 0.0607 e. The molecule has 1 aliphatic rings. The largest absolute Gasteiger partial charge is 0.395 e. The zero-order chi connectivity index (χ0) is 11.4. The van der Waals surface area contributed by atoms with Gasteiger partial charge in [0.25, 0.3) is 0 Å². The van der Waals surface area contributed by atoms with Gasteiger partial charge in [-0.2, -0.15) is 0 Å². The molecule has 15 heavy (non-hydrogen) atoms. The maximum absolute atomic E-state index is 9.03. The minimum absolute atomic E-state index is 0.00391. The normalized spacial score (nSPS) is 33.6. The molecule has 1 saturated heterocycles. The first-order chi connectivity index (χ1) is 7.08. The number of aliphatic hydroxyl groups is 2. The first kappa shape index (κ1) is 12.9. The van der Waals surface area contributed by atoms with E-state index in [1.165, 1.54) is 0 Å². The first-order valence-corrected chi connectivity index (χ1v) is 5.76. The zero-order valence-corrected chi connectivity index (χ0v) is 9.98. The van der Waals surface area contributed by atoms with Crippen LogP contribution in [0.4, 0.5) is 0 Å². The third kappa shape index (κ3) is 3.41. The van der Waals surface area contributed by atoms with Crippen molar-refractivity contribution in [1.29, 1.82) is 0 Å². The first-order valence-electron chi connectivity index (χ1n) is 5.76. The van der Waals surface area contributed by atoms with E-state index in [0.29, 0.717) is 18.0 Å². The Morgan fingerprint density at radius 1 is 1.33 bits per heavy atom. The molecule has 0 aromatic heterocycles. The fourth-order valence-corrected chi connectivity index (χ4v) is 2.24. The van der Waals surface area contributed by atoms with Gasteiger partial charge in [-0.25, -0.2) is 0 Å². The van der Waals surface area contributed by atoms with Crippen molar-refractivity contribution >= 4 is 0 Å². The highest BCUT2D eigenvalue weighted by Gasteiger charge is 2.29. The summed E-state index contributed by atoms with van der Waals surface area (Å²) in [6.07, 6.45) is 1.08. The molecule has 0 bridgehead atoms. The lowest BCUT2D eigenvalue weighted by molar-refractivity contribution is 0.0927. The molecule has 0 aromatic rings. The van der Waals surface area contributed by atoms with E-state index in [1.54, 1.807) is 0 Å². The van der Waals surface area contributed by atoms with Crippen molar-refractivity contribution in [2.24, 2.45) is 5.92 Å². The topological polar surface area (TPSA) is 55.7 Å². The summed E-state index contributed by atoms with van der Waals surface area (Å²) < 4.78 is 0. The minimum atomic E-state index is -0.173. The number of nitrogens with one attached hydrogen (secondary N) is 1. The molecule has 1 heterocycles. The molecule has 90 valence electrons. The number of rotatable bonds is 4. The molecule has 1 fully saturated rings. The fourth-order valence-electron chi connectivity index (χ4n) is 2.24. The molecule has 0 aromatic carbocycles. The summed E-state index contributed by atoms with van der Waals surface area (Å²) in [4.78, 5) is 2.36. The molecule has 0 radical (unpaired) electrons. The van der Waals surface area contributed by atoms with Crippen LogP contribution in [0, 0.1) is 5.92 Å². The SMILES string of the molecule is C[C@@H]1CN(C)[C@@H](C)C[C@H]1NC(CO)CO. The van der Waals surface area contributed by atoms with E-state index in [-0.39, 0.29) is 19.3 Å². The monoisotopic (exact) mass is 216 g/mol. The second-order valence-corrected chi connectivity index (χ2v) is 4.84. The van der Waals surface area contributed by atoms with E-state index >= 15 is 0 Å². The van der Waals surface area contributed by atoms with Crippen molar-refractivity contribution in [2.75, 3.05) is 26.8 Å². The average molecular weight is 216 g/mol. The van der Waals surface area contributed by atoms with E-state index in [4.69, 9.17) is 10.2 Å². The highest BCUT2D eigenvalue weighted by Crippen LogP contribution is 2.20. The van der Waals surface area contributed by atoms with Crippen molar-refractivity contribution in [3.63, 3.8) is 0 Å². The van der Waals surface area contributed by atoms with Gasteiger partial charge in [-0.05, 0) is 26.3 Å². The van der Waals surface area contributed by atoms with Crippen molar-refractivity contribution in [1.82, 2.24) is 10.2 Å². The quantitative estimate of drug-likeness (QED) is 0.602. The maximum atomic E-state index is 9.03.